The van der Waals surface area contributed by atoms with Gasteiger partial charge in [-0.25, -0.2) is 14.5 Å². The van der Waals surface area contributed by atoms with Crippen LogP contribution in [0.25, 0.3) is 5.52 Å². The van der Waals surface area contributed by atoms with Gasteiger partial charge in [0.1, 0.15) is 0 Å². The topological polar surface area (TPSA) is 58.8 Å². The largest absolute Gasteiger partial charge is 0.378 e. The molecular formula is C22H28N6O. The molecule has 0 aliphatic carbocycles. The monoisotopic (exact) mass is 392 g/mol. The minimum atomic E-state index is 0.535. The summed E-state index contributed by atoms with van der Waals surface area (Å²) >= 11 is 0. The molecule has 0 saturated carbocycles. The predicted octanol–water partition coefficient (Wildman–Crippen LogP) is 2.91. The summed E-state index contributed by atoms with van der Waals surface area (Å²) in [6.45, 7) is 7.58. The Morgan fingerprint density at radius 3 is 2.45 bits per heavy atom. The second-order valence-electron chi connectivity index (χ2n) is 7.92. The number of aromatic nitrogens is 4. The second-order valence-corrected chi connectivity index (χ2v) is 7.92. The van der Waals surface area contributed by atoms with Crippen molar-refractivity contribution in [1.82, 2.24) is 19.6 Å². The summed E-state index contributed by atoms with van der Waals surface area (Å²) in [4.78, 5) is 13.8. The molecule has 7 heteroatoms. The highest BCUT2D eigenvalue weighted by Gasteiger charge is 2.25. The van der Waals surface area contributed by atoms with Crippen LogP contribution in [-0.2, 0) is 11.2 Å². The molecule has 0 atom stereocenters. The third-order valence-electron chi connectivity index (χ3n) is 6.22. The molecule has 29 heavy (non-hydrogen) atoms. The number of nitrogens with zero attached hydrogens (tertiary/aromatic N) is 6. The van der Waals surface area contributed by atoms with Crippen LogP contribution in [0.5, 0.6) is 0 Å². The Bertz CT molecular complexity index is 955. The van der Waals surface area contributed by atoms with Crippen LogP contribution in [-0.4, -0.2) is 59.0 Å². The lowest BCUT2D eigenvalue weighted by atomic mass is 9.90. The van der Waals surface area contributed by atoms with Crippen LogP contribution < -0.4 is 9.80 Å². The summed E-state index contributed by atoms with van der Waals surface area (Å²) in [5, 5.41) is 4.67. The number of morpholine rings is 1. The van der Waals surface area contributed by atoms with Crippen LogP contribution in [0.2, 0.25) is 0 Å². The van der Waals surface area contributed by atoms with Crippen molar-refractivity contribution in [2.24, 2.45) is 0 Å². The van der Waals surface area contributed by atoms with Gasteiger partial charge < -0.3 is 14.5 Å². The number of piperidine rings is 1. The lowest BCUT2D eigenvalue weighted by molar-refractivity contribution is 0.122. The normalized spacial score (nSPS) is 18.5. The molecule has 0 unspecified atom stereocenters. The summed E-state index contributed by atoms with van der Waals surface area (Å²) < 4.78 is 7.51. The van der Waals surface area contributed by atoms with Gasteiger partial charge in [0, 0.05) is 44.1 Å². The molecule has 0 N–H and O–H groups in total. The number of fused-ring (bicyclic) bond motifs is 1. The number of anilines is 2. The maximum Gasteiger partial charge on any atom is 0.225 e. The molecule has 5 heterocycles. The maximum absolute atomic E-state index is 5.47. The fraction of sp³-hybridized carbons (Fsp3) is 0.500. The van der Waals surface area contributed by atoms with Crippen molar-refractivity contribution in [3.63, 3.8) is 0 Å². The summed E-state index contributed by atoms with van der Waals surface area (Å²) in [7, 11) is 0. The van der Waals surface area contributed by atoms with Crippen LogP contribution in [0, 0.1) is 0 Å². The van der Waals surface area contributed by atoms with E-state index in [0.29, 0.717) is 5.92 Å². The molecule has 0 radical (unpaired) electrons. The van der Waals surface area contributed by atoms with Crippen molar-refractivity contribution >= 4 is 17.2 Å². The fourth-order valence-corrected chi connectivity index (χ4v) is 4.40. The third kappa shape index (κ3) is 3.67. The van der Waals surface area contributed by atoms with E-state index in [1.807, 2.05) is 16.9 Å². The molecule has 3 aromatic rings. The zero-order valence-corrected chi connectivity index (χ0v) is 17.0. The van der Waals surface area contributed by atoms with Crippen LogP contribution in [0.1, 0.15) is 36.8 Å². The zero-order chi connectivity index (χ0) is 19.6. The van der Waals surface area contributed by atoms with Crippen molar-refractivity contribution in [1.29, 1.82) is 0 Å². The zero-order valence-electron chi connectivity index (χ0n) is 17.0. The van der Waals surface area contributed by atoms with Crippen molar-refractivity contribution in [3.05, 3.63) is 48.0 Å². The lowest BCUT2D eigenvalue weighted by Crippen LogP contribution is -2.36. The Hall–Kier alpha value is -2.67. The number of hydrogen-bond donors (Lipinski definition) is 0. The van der Waals surface area contributed by atoms with Crippen molar-refractivity contribution in [2.75, 3.05) is 49.2 Å². The molecule has 2 fully saturated rings. The van der Waals surface area contributed by atoms with E-state index in [0.717, 1.165) is 64.6 Å². The molecule has 0 aromatic carbocycles. The van der Waals surface area contributed by atoms with E-state index in [4.69, 9.17) is 4.74 Å². The SMILES string of the molecule is CCc1cnc(N2CCC(c3cnn4cc(N5CCOCC5)ccc34)CC2)nc1. The summed E-state index contributed by atoms with van der Waals surface area (Å²) in [5.74, 6) is 1.39. The number of rotatable bonds is 4. The van der Waals surface area contributed by atoms with Gasteiger partial charge >= 0.3 is 0 Å². The molecule has 0 spiro atoms. The Morgan fingerprint density at radius 1 is 0.966 bits per heavy atom. The van der Waals surface area contributed by atoms with E-state index in [1.165, 1.54) is 22.3 Å². The van der Waals surface area contributed by atoms with E-state index < -0.39 is 0 Å². The molecule has 5 rings (SSSR count). The summed E-state index contributed by atoms with van der Waals surface area (Å²) in [6, 6.07) is 4.45. The second kappa shape index (κ2) is 7.99. The highest BCUT2D eigenvalue weighted by atomic mass is 16.5. The average molecular weight is 393 g/mol. The third-order valence-corrected chi connectivity index (χ3v) is 6.22. The molecule has 0 amide bonds. The molecule has 0 bridgehead atoms. The Morgan fingerprint density at radius 2 is 1.72 bits per heavy atom. The molecule has 2 aliphatic heterocycles. The van der Waals surface area contributed by atoms with Gasteiger partial charge in [-0.2, -0.15) is 5.10 Å². The van der Waals surface area contributed by atoms with E-state index >= 15 is 0 Å². The van der Waals surface area contributed by atoms with Crippen molar-refractivity contribution in [2.45, 2.75) is 32.1 Å². The first kappa shape index (κ1) is 18.4. The quantitative estimate of drug-likeness (QED) is 0.680. The number of hydrogen-bond acceptors (Lipinski definition) is 6. The summed E-state index contributed by atoms with van der Waals surface area (Å²) in [6.07, 6.45) is 11.3. The van der Waals surface area contributed by atoms with Crippen LogP contribution in [0.15, 0.2) is 36.9 Å². The van der Waals surface area contributed by atoms with Gasteiger partial charge in [0.05, 0.1) is 36.8 Å². The number of ether oxygens (including phenoxy) is 1. The average Bonchev–Trinajstić information content (AvgIpc) is 3.23. The number of aryl methyl sites for hydroxylation is 1. The van der Waals surface area contributed by atoms with Crippen molar-refractivity contribution in [3.8, 4) is 0 Å². The molecule has 2 saturated heterocycles. The van der Waals surface area contributed by atoms with Gasteiger partial charge in [0.2, 0.25) is 5.95 Å². The highest BCUT2D eigenvalue weighted by molar-refractivity contribution is 5.60. The first-order valence-corrected chi connectivity index (χ1v) is 10.7. The molecule has 3 aromatic heterocycles. The van der Waals surface area contributed by atoms with E-state index in [2.05, 4.69) is 56.3 Å². The van der Waals surface area contributed by atoms with Crippen molar-refractivity contribution < 1.29 is 4.74 Å². The number of pyridine rings is 1. The van der Waals surface area contributed by atoms with Gasteiger partial charge in [0.15, 0.2) is 0 Å². The summed E-state index contributed by atoms with van der Waals surface area (Å²) in [5.41, 5.74) is 4.99. The standard InChI is InChI=1S/C22H28N6O/c1-2-17-13-23-22(24-14-17)27-7-5-18(6-8-27)20-15-25-28-16-19(3-4-21(20)28)26-9-11-29-12-10-26/h3-4,13-16,18H,2,5-12H2,1H3. The Labute approximate surface area is 171 Å². The van der Waals surface area contributed by atoms with Gasteiger partial charge in [0.25, 0.3) is 0 Å². The fourth-order valence-electron chi connectivity index (χ4n) is 4.40. The highest BCUT2D eigenvalue weighted by Crippen LogP contribution is 2.32. The van der Waals surface area contributed by atoms with Gasteiger partial charge in [-0.05, 0) is 42.9 Å². The van der Waals surface area contributed by atoms with E-state index in [9.17, 15) is 0 Å². The minimum absolute atomic E-state index is 0.535. The molecule has 2 aliphatic rings. The lowest BCUT2D eigenvalue weighted by Gasteiger charge is -2.32. The van der Waals surface area contributed by atoms with Gasteiger partial charge in [-0.3, -0.25) is 0 Å². The molecule has 7 nitrogen and oxygen atoms in total. The Balaban J connectivity index is 1.29. The van der Waals surface area contributed by atoms with Crippen LogP contribution >= 0.6 is 0 Å². The Kier molecular flexibility index (Phi) is 5.06. The van der Waals surface area contributed by atoms with Gasteiger partial charge in [-0.1, -0.05) is 6.92 Å². The predicted molar refractivity (Wildman–Crippen MR) is 114 cm³/mol. The van der Waals surface area contributed by atoms with Gasteiger partial charge in [-0.15, -0.1) is 0 Å². The maximum atomic E-state index is 5.47. The first-order valence-electron chi connectivity index (χ1n) is 10.7. The molecule has 152 valence electrons. The van der Waals surface area contributed by atoms with E-state index in [-0.39, 0.29) is 0 Å². The van der Waals surface area contributed by atoms with Crippen LogP contribution in [0.3, 0.4) is 0 Å². The minimum Gasteiger partial charge on any atom is -0.378 e. The first-order chi connectivity index (χ1) is 14.3. The van der Waals surface area contributed by atoms with E-state index in [1.54, 1.807) is 0 Å². The smallest absolute Gasteiger partial charge is 0.225 e. The molecular weight excluding hydrogens is 364 g/mol. The van der Waals surface area contributed by atoms with Crippen LogP contribution in [0.4, 0.5) is 11.6 Å².